The van der Waals surface area contributed by atoms with E-state index in [1.54, 1.807) is 0 Å². The van der Waals surface area contributed by atoms with Crippen LogP contribution in [0.3, 0.4) is 0 Å². The summed E-state index contributed by atoms with van der Waals surface area (Å²) in [5.74, 6) is 3.73. The fourth-order valence-electron chi connectivity index (χ4n) is 7.96. The highest BCUT2D eigenvalue weighted by Crippen LogP contribution is 2.60. The van der Waals surface area contributed by atoms with Crippen LogP contribution < -0.4 is 5.32 Å². The molecular formula is C31H33N3O. The number of rotatable bonds is 6. The number of benzene rings is 3. The first-order valence-electron chi connectivity index (χ1n) is 13.4. The lowest BCUT2D eigenvalue weighted by molar-refractivity contribution is -0.146. The van der Waals surface area contributed by atoms with Crippen molar-refractivity contribution in [2.75, 3.05) is 6.54 Å². The Kier molecular flexibility index (Phi) is 4.97. The maximum absolute atomic E-state index is 13.4. The molecule has 4 aromatic rings. The molecule has 1 heterocycles. The van der Waals surface area contributed by atoms with Crippen LogP contribution >= 0.6 is 0 Å². The molecule has 35 heavy (non-hydrogen) atoms. The molecule has 4 heteroatoms. The second-order valence-corrected chi connectivity index (χ2v) is 11.4. The van der Waals surface area contributed by atoms with Crippen LogP contribution in [0.1, 0.15) is 49.9 Å². The van der Waals surface area contributed by atoms with Crippen LogP contribution in [0.4, 0.5) is 0 Å². The largest absolute Gasteiger partial charge is 0.355 e. The van der Waals surface area contributed by atoms with E-state index < -0.39 is 0 Å². The van der Waals surface area contributed by atoms with Gasteiger partial charge in [-0.3, -0.25) is 4.79 Å². The van der Waals surface area contributed by atoms with Crippen molar-refractivity contribution in [3.8, 4) is 0 Å². The van der Waals surface area contributed by atoms with Gasteiger partial charge in [0.15, 0.2) is 0 Å². The van der Waals surface area contributed by atoms with Crippen LogP contribution in [0.25, 0.3) is 21.8 Å². The van der Waals surface area contributed by atoms with Crippen LogP contribution in [0.5, 0.6) is 0 Å². The van der Waals surface area contributed by atoms with Crippen LogP contribution in [0.2, 0.25) is 0 Å². The summed E-state index contributed by atoms with van der Waals surface area (Å²) in [4.78, 5) is 18.4. The van der Waals surface area contributed by atoms with Gasteiger partial charge in [-0.1, -0.05) is 54.6 Å². The maximum atomic E-state index is 13.4. The Labute approximate surface area is 206 Å². The van der Waals surface area contributed by atoms with Crippen LogP contribution in [-0.2, 0) is 17.8 Å². The van der Waals surface area contributed by atoms with Gasteiger partial charge in [-0.05, 0) is 84.7 Å². The summed E-state index contributed by atoms with van der Waals surface area (Å²) >= 11 is 0. The summed E-state index contributed by atoms with van der Waals surface area (Å²) in [6, 6.07) is 23.5. The van der Waals surface area contributed by atoms with Gasteiger partial charge in [0.25, 0.3) is 0 Å². The molecule has 0 radical (unpaired) electrons. The van der Waals surface area contributed by atoms with Gasteiger partial charge in [0.1, 0.15) is 5.82 Å². The summed E-state index contributed by atoms with van der Waals surface area (Å²) in [6.45, 7) is 1.43. The maximum Gasteiger partial charge on any atom is 0.226 e. The van der Waals surface area contributed by atoms with E-state index >= 15 is 0 Å². The third-order valence-electron chi connectivity index (χ3n) is 9.10. The van der Waals surface area contributed by atoms with Gasteiger partial charge in [-0.15, -0.1) is 0 Å². The zero-order valence-electron chi connectivity index (χ0n) is 20.2. The van der Waals surface area contributed by atoms with Crippen molar-refractivity contribution in [3.63, 3.8) is 0 Å². The number of nitrogens with zero attached hydrogens (tertiary/aromatic N) is 2. The number of carbonyl (C=O) groups excluding carboxylic acids is 1. The van der Waals surface area contributed by atoms with Gasteiger partial charge in [-0.25, -0.2) is 4.98 Å². The van der Waals surface area contributed by atoms with E-state index in [9.17, 15) is 4.79 Å². The molecule has 4 aliphatic carbocycles. The molecule has 178 valence electrons. The Morgan fingerprint density at radius 2 is 1.57 bits per heavy atom. The van der Waals surface area contributed by atoms with Gasteiger partial charge in [0, 0.05) is 24.9 Å². The first-order chi connectivity index (χ1) is 17.2. The molecule has 4 aliphatic rings. The van der Waals surface area contributed by atoms with Crippen LogP contribution in [0.15, 0.2) is 66.7 Å². The summed E-state index contributed by atoms with van der Waals surface area (Å²) in [5.41, 5.74) is 3.39. The minimum absolute atomic E-state index is 0.0855. The lowest BCUT2D eigenvalue weighted by atomic mass is 9.49. The highest BCUT2D eigenvalue weighted by Gasteiger charge is 2.54. The minimum atomic E-state index is -0.0855. The van der Waals surface area contributed by atoms with E-state index in [0.29, 0.717) is 12.5 Å². The van der Waals surface area contributed by atoms with Crippen molar-refractivity contribution in [2.24, 2.45) is 23.2 Å². The second-order valence-electron chi connectivity index (χ2n) is 11.4. The quantitative estimate of drug-likeness (QED) is 0.375. The molecule has 0 saturated heterocycles. The molecule has 0 atom stereocenters. The average Bonchev–Trinajstić information content (AvgIpc) is 3.20. The van der Waals surface area contributed by atoms with E-state index in [1.165, 1.54) is 35.6 Å². The van der Waals surface area contributed by atoms with Gasteiger partial charge >= 0.3 is 0 Å². The average molecular weight is 464 g/mol. The van der Waals surface area contributed by atoms with E-state index in [0.717, 1.165) is 66.8 Å². The number of para-hydroxylation sites is 2. The summed E-state index contributed by atoms with van der Waals surface area (Å²) in [5, 5.41) is 5.91. The summed E-state index contributed by atoms with van der Waals surface area (Å²) in [7, 11) is 0. The zero-order chi connectivity index (χ0) is 23.4. The Balaban J connectivity index is 1.13. The Morgan fingerprint density at radius 1 is 0.886 bits per heavy atom. The fraction of sp³-hybridized carbons (Fsp3) is 0.419. The first kappa shape index (κ1) is 21.2. The number of nitrogens with one attached hydrogen (secondary N) is 1. The molecule has 1 aromatic heterocycles. The second kappa shape index (κ2) is 8.22. The number of aromatic nitrogens is 2. The lowest BCUT2D eigenvalue weighted by Crippen LogP contribution is -2.53. The number of imidazole rings is 1. The van der Waals surface area contributed by atoms with Crippen molar-refractivity contribution in [2.45, 2.75) is 51.5 Å². The normalized spacial score (nSPS) is 27.0. The van der Waals surface area contributed by atoms with Crippen molar-refractivity contribution >= 4 is 27.7 Å². The third-order valence-corrected chi connectivity index (χ3v) is 9.10. The third kappa shape index (κ3) is 3.65. The number of fused-ring (bicyclic) bond motifs is 2. The standard InChI is InChI=1S/C31H33N3O/c35-30(31-17-21-14-22(18-31)16-23(15-21)19-31)32-13-12-29-33-27-10-3-4-11-28(27)34(29)20-25-8-5-7-24-6-1-2-9-26(24)25/h1-11,21-23H,12-20H2,(H,32,35). The molecule has 0 aliphatic heterocycles. The molecule has 4 fully saturated rings. The van der Waals surface area contributed by atoms with E-state index in [1.807, 2.05) is 0 Å². The smallest absolute Gasteiger partial charge is 0.226 e. The highest BCUT2D eigenvalue weighted by molar-refractivity contribution is 5.86. The van der Waals surface area contributed by atoms with Crippen molar-refractivity contribution in [1.29, 1.82) is 0 Å². The topological polar surface area (TPSA) is 46.9 Å². The molecule has 0 spiro atoms. The zero-order valence-corrected chi connectivity index (χ0v) is 20.2. The van der Waals surface area contributed by atoms with E-state index in [2.05, 4.69) is 76.6 Å². The fourth-order valence-corrected chi connectivity index (χ4v) is 7.96. The number of amides is 1. The van der Waals surface area contributed by atoms with Crippen molar-refractivity contribution < 1.29 is 4.79 Å². The number of hydrogen-bond donors (Lipinski definition) is 1. The van der Waals surface area contributed by atoms with Gasteiger partial charge in [0.2, 0.25) is 5.91 Å². The lowest BCUT2D eigenvalue weighted by Gasteiger charge is -2.55. The molecule has 4 saturated carbocycles. The minimum Gasteiger partial charge on any atom is -0.355 e. The molecule has 1 amide bonds. The molecule has 8 rings (SSSR count). The molecule has 4 bridgehead atoms. The number of carbonyl (C=O) groups is 1. The summed E-state index contributed by atoms with van der Waals surface area (Å²) in [6.07, 6.45) is 8.19. The Bertz CT molecular complexity index is 1380. The Hall–Kier alpha value is -3.14. The monoisotopic (exact) mass is 463 g/mol. The molecule has 1 N–H and O–H groups in total. The van der Waals surface area contributed by atoms with Crippen LogP contribution in [0, 0.1) is 23.2 Å². The van der Waals surface area contributed by atoms with E-state index in [-0.39, 0.29) is 5.41 Å². The number of hydrogen-bond acceptors (Lipinski definition) is 2. The van der Waals surface area contributed by atoms with Gasteiger partial charge < -0.3 is 9.88 Å². The van der Waals surface area contributed by atoms with Crippen molar-refractivity contribution in [3.05, 3.63) is 78.1 Å². The molecule has 4 nitrogen and oxygen atoms in total. The molecule has 3 aromatic carbocycles. The molecule has 0 unspecified atom stereocenters. The molecular weight excluding hydrogens is 430 g/mol. The predicted octanol–water partition coefficient (Wildman–Crippen LogP) is 6.11. The summed E-state index contributed by atoms with van der Waals surface area (Å²) < 4.78 is 2.34. The first-order valence-corrected chi connectivity index (χ1v) is 13.4. The van der Waals surface area contributed by atoms with Gasteiger partial charge in [-0.2, -0.15) is 0 Å². The SMILES string of the molecule is O=C(NCCc1nc2ccccc2n1Cc1cccc2ccccc12)C12CC3CC(CC(C3)C1)C2. The van der Waals surface area contributed by atoms with Crippen molar-refractivity contribution in [1.82, 2.24) is 14.9 Å². The predicted molar refractivity (Wildman–Crippen MR) is 140 cm³/mol. The Morgan fingerprint density at radius 3 is 2.37 bits per heavy atom. The van der Waals surface area contributed by atoms with Gasteiger partial charge in [0.05, 0.1) is 11.0 Å². The highest BCUT2D eigenvalue weighted by atomic mass is 16.2. The van der Waals surface area contributed by atoms with Crippen LogP contribution in [-0.4, -0.2) is 22.0 Å². The van der Waals surface area contributed by atoms with E-state index in [4.69, 9.17) is 4.98 Å².